The molecule has 0 bridgehead atoms. The summed E-state index contributed by atoms with van der Waals surface area (Å²) in [6.07, 6.45) is 1.15. The van der Waals surface area contributed by atoms with Crippen LogP contribution >= 0.6 is 0 Å². The lowest BCUT2D eigenvalue weighted by atomic mass is 10.1. The van der Waals surface area contributed by atoms with E-state index in [0.717, 1.165) is 6.07 Å². The number of benzene rings is 1. The van der Waals surface area contributed by atoms with Crippen molar-refractivity contribution in [2.75, 3.05) is 6.54 Å². The predicted octanol–water partition coefficient (Wildman–Crippen LogP) is 2.35. The van der Waals surface area contributed by atoms with Crippen molar-refractivity contribution in [2.45, 2.75) is 32.2 Å². The number of carboxylic acids is 1. The first kappa shape index (κ1) is 14.6. The quantitative estimate of drug-likeness (QED) is 0.788. The van der Waals surface area contributed by atoms with Gasteiger partial charge in [-0.1, -0.05) is 0 Å². The first-order chi connectivity index (χ1) is 8.47. The van der Waals surface area contributed by atoms with Gasteiger partial charge in [-0.15, -0.1) is 0 Å². The van der Waals surface area contributed by atoms with E-state index in [1.165, 1.54) is 12.1 Å². The Kier molecular flexibility index (Phi) is 5.71. The smallest absolute Gasteiger partial charge is 0.303 e. The lowest BCUT2D eigenvalue weighted by molar-refractivity contribution is -0.137. The maximum atomic E-state index is 12.9. The summed E-state index contributed by atoms with van der Waals surface area (Å²) >= 11 is 0. The zero-order valence-electron chi connectivity index (χ0n) is 10.2. The minimum Gasteiger partial charge on any atom is -0.481 e. The van der Waals surface area contributed by atoms with E-state index in [2.05, 4.69) is 5.32 Å². The molecular weight excluding hydrogens is 240 g/mol. The molecule has 0 aromatic heterocycles. The van der Waals surface area contributed by atoms with Gasteiger partial charge in [0.1, 0.15) is 11.6 Å². The van der Waals surface area contributed by atoms with Gasteiger partial charge in [-0.05, 0) is 44.0 Å². The Morgan fingerprint density at radius 1 is 1.33 bits per heavy atom. The SMILES string of the molecule is CC(CCC(=O)O)NCCc1cc(F)cc(F)c1. The number of halogens is 2. The topological polar surface area (TPSA) is 49.3 Å². The standard InChI is InChI=1S/C13H17F2NO2/c1-9(2-3-13(17)18)16-5-4-10-6-11(14)8-12(15)7-10/h6-9,16H,2-5H2,1H3,(H,17,18). The summed E-state index contributed by atoms with van der Waals surface area (Å²) in [6, 6.07) is 3.51. The molecule has 2 N–H and O–H groups in total. The van der Waals surface area contributed by atoms with Crippen LogP contribution in [-0.2, 0) is 11.2 Å². The Balaban J connectivity index is 2.30. The molecule has 100 valence electrons. The third kappa shape index (κ3) is 5.72. The molecule has 0 saturated heterocycles. The Hall–Kier alpha value is -1.49. The summed E-state index contributed by atoms with van der Waals surface area (Å²) in [5.74, 6) is -1.98. The zero-order valence-corrected chi connectivity index (χ0v) is 10.2. The second kappa shape index (κ2) is 7.06. The number of nitrogens with one attached hydrogen (secondary N) is 1. The molecule has 0 aliphatic rings. The van der Waals surface area contributed by atoms with E-state index >= 15 is 0 Å². The van der Waals surface area contributed by atoms with Crippen LogP contribution in [0.15, 0.2) is 18.2 Å². The summed E-state index contributed by atoms with van der Waals surface area (Å²) < 4.78 is 25.8. The van der Waals surface area contributed by atoms with Crippen molar-refractivity contribution in [3.63, 3.8) is 0 Å². The Morgan fingerprint density at radius 3 is 2.50 bits per heavy atom. The van der Waals surface area contributed by atoms with Crippen LogP contribution in [0.4, 0.5) is 8.78 Å². The normalized spacial score (nSPS) is 12.4. The lowest BCUT2D eigenvalue weighted by Gasteiger charge is -2.12. The van der Waals surface area contributed by atoms with Crippen LogP contribution in [0.3, 0.4) is 0 Å². The van der Waals surface area contributed by atoms with E-state index in [9.17, 15) is 13.6 Å². The van der Waals surface area contributed by atoms with Crippen molar-refractivity contribution in [1.82, 2.24) is 5.32 Å². The maximum absolute atomic E-state index is 12.9. The average molecular weight is 257 g/mol. The van der Waals surface area contributed by atoms with Gasteiger partial charge >= 0.3 is 5.97 Å². The molecule has 0 amide bonds. The van der Waals surface area contributed by atoms with Gasteiger partial charge in [0.05, 0.1) is 0 Å². The summed E-state index contributed by atoms with van der Waals surface area (Å²) in [5, 5.41) is 11.6. The van der Waals surface area contributed by atoms with Gasteiger partial charge in [-0.3, -0.25) is 4.79 Å². The molecule has 0 aliphatic carbocycles. The fourth-order valence-electron chi connectivity index (χ4n) is 1.66. The van der Waals surface area contributed by atoms with Gasteiger partial charge in [0, 0.05) is 18.5 Å². The number of hydrogen-bond acceptors (Lipinski definition) is 2. The third-order valence-electron chi connectivity index (χ3n) is 2.62. The van der Waals surface area contributed by atoms with E-state index in [4.69, 9.17) is 5.11 Å². The predicted molar refractivity (Wildman–Crippen MR) is 64.4 cm³/mol. The fourth-order valence-corrected chi connectivity index (χ4v) is 1.66. The van der Waals surface area contributed by atoms with E-state index in [1.807, 2.05) is 6.92 Å². The molecule has 0 saturated carbocycles. The zero-order chi connectivity index (χ0) is 13.5. The molecule has 3 nitrogen and oxygen atoms in total. The van der Waals surface area contributed by atoms with E-state index in [-0.39, 0.29) is 12.5 Å². The molecule has 18 heavy (non-hydrogen) atoms. The molecule has 0 aliphatic heterocycles. The van der Waals surface area contributed by atoms with Gasteiger partial charge in [0.2, 0.25) is 0 Å². The van der Waals surface area contributed by atoms with Crippen LogP contribution in [0.5, 0.6) is 0 Å². The summed E-state index contributed by atoms with van der Waals surface area (Å²) in [7, 11) is 0. The van der Waals surface area contributed by atoms with Crippen molar-refractivity contribution in [2.24, 2.45) is 0 Å². The second-order valence-corrected chi connectivity index (χ2v) is 4.32. The highest BCUT2D eigenvalue weighted by Gasteiger charge is 2.05. The molecular formula is C13H17F2NO2. The van der Waals surface area contributed by atoms with Crippen molar-refractivity contribution in [3.8, 4) is 0 Å². The van der Waals surface area contributed by atoms with Crippen molar-refractivity contribution in [3.05, 3.63) is 35.4 Å². The Bertz CT molecular complexity index is 390. The van der Waals surface area contributed by atoms with Gasteiger partial charge in [-0.2, -0.15) is 0 Å². The summed E-state index contributed by atoms with van der Waals surface area (Å²) in [5.41, 5.74) is 0.588. The first-order valence-electron chi connectivity index (χ1n) is 5.87. The summed E-state index contributed by atoms with van der Waals surface area (Å²) in [6.45, 7) is 2.44. The van der Waals surface area contributed by atoms with Gasteiger partial charge in [0.15, 0.2) is 0 Å². The molecule has 0 spiro atoms. The molecule has 0 fully saturated rings. The number of hydrogen-bond donors (Lipinski definition) is 2. The average Bonchev–Trinajstić information content (AvgIpc) is 2.25. The summed E-state index contributed by atoms with van der Waals surface area (Å²) in [4.78, 5) is 10.4. The van der Waals surface area contributed by atoms with Crippen LogP contribution in [-0.4, -0.2) is 23.7 Å². The second-order valence-electron chi connectivity index (χ2n) is 4.32. The monoisotopic (exact) mass is 257 g/mol. The van der Waals surface area contributed by atoms with Crippen LogP contribution in [0.25, 0.3) is 0 Å². The fraction of sp³-hybridized carbons (Fsp3) is 0.462. The molecule has 0 heterocycles. The minimum atomic E-state index is -0.823. The Labute approximate surface area is 105 Å². The Morgan fingerprint density at radius 2 is 1.94 bits per heavy atom. The largest absolute Gasteiger partial charge is 0.481 e. The van der Waals surface area contributed by atoms with Crippen LogP contribution in [0.1, 0.15) is 25.3 Å². The molecule has 1 atom stereocenters. The van der Waals surface area contributed by atoms with Crippen LogP contribution in [0, 0.1) is 11.6 Å². The van der Waals surface area contributed by atoms with E-state index in [0.29, 0.717) is 24.9 Å². The number of rotatable bonds is 7. The molecule has 5 heteroatoms. The number of aliphatic carboxylic acids is 1. The van der Waals surface area contributed by atoms with Crippen molar-refractivity contribution < 1.29 is 18.7 Å². The molecule has 1 aromatic carbocycles. The van der Waals surface area contributed by atoms with Crippen molar-refractivity contribution in [1.29, 1.82) is 0 Å². The molecule has 1 unspecified atom stereocenters. The number of carbonyl (C=O) groups is 1. The number of carboxylic acid groups (broad SMARTS) is 1. The van der Waals surface area contributed by atoms with E-state index in [1.54, 1.807) is 0 Å². The minimum absolute atomic E-state index is 0.0690. The van der Waals surface area contributed by atoms with Crippen LogP contribution < -0.4 is 5.32 Å². The van der Waals surface area contributed by atoms with Gasteiger partial charge < -0.3 is 10.4 Å². The highest BCUT2D eigenvalue weighted by atomic mass is 19.1. The van der Waals surface area contributed by atoms with E-state index < -0.39 is 17.6 Å². The van der Waals surface area contributed by atoms with Crippen molar-refractivity contribution >= 4 is 5.97 Å². The maximum Gasteiger partial charge on any atom is 0.303 e. The van der Waals surface area contributed by atoms with Crippen LogP contribution in [0.2, 0.25) is 0 Å². The van der Waals surface area contributed by atoms with Gasteiger partial charge in [0.25, 0.3) is 0 Å². The highest BCUT2D eigenvalue weighted by Crippen LogP contribution is 2.08. The molecule has 0 radical (unpaired) electrons. The molecule has 1 aromatic rings. The van der Waals surface area contributed by atoms with Gasteiger partial charge in [-0.25, -0.2) is 8.78 Å². The lowest BCUT2D eigenvalue weighted by Crippen LogP contribution is -2.28. The third-order valence-corrected chi connectivity index (χ3v) is 2.62. The molecule has 1 rings (SSSR count). The highest BCUT2D eigenvalue weighted by molar-refractivity contribution is 5.66. The first-order valence-corrected chi connectivity index (χ1v) is 5.87.